The molecule has 10 heavy (non-hydrogen) atoms. The molecule has 48 valence electrons. The van der Waals surface area contributed by atoms with Crippen LogP contribution in [0.5, 0.6) is 0 Å². The van der Waals surface area contributed by atoms with Gasteiger partial charge in [-0.25, -0.2) is 9.78 Å². The minimum Gasteiger partial charge on any atom is -0.226 e. The number of hydrogen-bond donors (Lipinski definition) is 0. The molecule has 0 aliphatic rings. The van der Waals surface area contributed by atoms with Crippen LogP contribution in [0.1, 0.15) is 0 Å². The summed E-state index contributed by atoms with van der Waals surface area (Å²) in [4.78, 5) is 17.0. The van der Waals surface area contributed by atoms with Crippen LogP contribution in [-0.2, 0) is 4.79 Å². The summed E-state index contributed by atoms with van der Waals surface area (Å²) in [5.74, 6) is 3.64. The van der Waals surface area contributed by atoms with E-state index >= 15 is 0 Å². The molecule has 0 N–H and O–H groups in total. The topological polar surface area (TPSA) is 42.3 Å². The Hall–Kier alpha value is -1.43. The molecule has 1 aromatic rings. The summed E-state index contributed by atoms with van der Waals surface area (Å²) in [6.07, 6.45) is 1.62. The molecule has 0 aliphatic carbocycles. The van der Waals surface area contributed by atoms with Gasteiger partial charge in [0.15, 0.2) is 5.94 Å². The zero-order valence-corrected chi connectivity index (χ0v) is 5.68. The van der Waals surface area contributed by atoms with Gasteiger partial charge >= 0.3 is 0 Å². The van der Waals surface area contributed by atoms with Gasteiger partial charge in [0, 0.05) is 17.3 Å². The number of carbonyl (C=O) groups excluding carboxylic acids is 1. The molecule has 0 amide bonds. The minimum atomic E-state index is 0.558. The summed E-state index contributed by atoms with van der Waals surface area (Å²) in [5.41, 5.74) is 2.03. The lowest BCUT2D eigenvalue weighted by atomic mass is 10.9. The summed E-state index contributed by atoms with van der Waals surface area (Å²) >= 11 is 1.36. The van der Waals surface area contributed by atoms with Crippen molar-refractivity contribution in [2.45, 2.75) is 0 Å². The number of aliphatic imine (C=N–C) groups is 1. The lowest BCUT2D eigenvalue weighted by molar-refractivity contribution is 0.569. The van der Waals surface area contributed by atoms with E-state index in [9.17, 15) is 4.79 Å². The lowest BCUT2D eigenvalue weighted by Gasteiger charge is -1.69. The number of nitrogens with zero attached hydrogens (tertiary/aromatic N) is 2. The first-order chi connectivity index (χ1) is 4.93. The first-order valence-corrected chi connectivity index (χ1v) is 3.29. The molecular formula is C6H2N2OS. The lowest BCUT2D eigenvalue weighted by Crippen LogP contribution is -1.54. The molecule has 0 fully saturated rings. The van der Waals surface area contributed by atoms with Gasteiger partial charge in [-0.05, 0) is 0 Å². The van der Waals surface area contributed by atoms with Gasteiger partial charge in [0.05, 0.1) is 5.87 Å². The van der Waals surface area contributed by atoms with Crippen LogP contribution in [0, 0.1) is 0 Å². The second-order valence-corrected chi connectivity index (χ2v) is 2.14. The summed E-state index contributed by atoms with van der Waals surface area (Å²) in [6.45, 7) is 0. The molecule has 0 saturated heterocycles. The SMILES string of the molecule is O=C=C=C=Nc1nccs1. The average molecular weight is 150 g/mol. The van der Waals surface area contributed by atoms with E-state index in [0.29, 0.717) is 5.13 Å². The average Bonchev–Trinajstić information content (AvgIpc) is 2.41. The van der Waals surface area contributed by atoms with Crippen molar-refractivity contribution in [1.82, 2.24) is 4.98 Å². The summed E-state index contributed by atoms with van der Waals surface area (Å²) in [5, 5.41) is 2.34. The molecule has 0 atom stereocenters. The van der Waals surface area contributed by atoms with E-state index in [1.807, 2.05) is 5.73 Å². The Bertz CT molecular complexity index is 312. The third-order valence-electron chi connectivity index (χ3n) is 0.678. The quantitative estimate of drug-likeness (QED) is 0.340. The van der Waals surface area contributed by atoms with Gasteiger partial charge in [-0.1, -0.05) is 0 Å². The zero-order valence-electron chi connectivity index (χ0n) is 4.87. The molecule has 1 rings (SSSR count). The molecule has 0 aliphatic heterocycles. The number of aromatic nitrogens is 1. The molecular weight excluding hydrogens is 148 g/mol. The smallest absolute Gasteiger partial charge is 0.218 e. The van der Waals surface area contributed by atoms with Gasteiger partial charge in [-0.3, -0.25) is 0 Å². The van der Waals surface area contributed by atoms with E-state index in [2.05, 4.69) is 15.8 Å². The Morgan fingerprint density at radius 1 is 1.70 bits per heavy atom. The first kappa shape index (κ1) is 6.69. The molecule has 1 heterocycles. The highest BCUT2D eigenvalue weighted by Crippen LogP contribution is 2.12. The van der Waals surface area contributed by atoms with Gasteiger partial charge in [0.25, 0.3) is 0 Å². The van der Waals surface area contributed by atoms with Crippen LogP contribution in [0.25, 0.3) is 0 Å². The Kier molecular flexibility index (Phi) is 2.39. The molecule has 0 unspecified atom stereocenters. The maximum atomic E-state index is 9.56. The highest BCUT2D eigenvalue weighted by Gasteiger charge is 1.84. The van der Waals surface area contributed by atoms with Crippen LogP contribution >= 0.6 is 11.3 Å². The normalized spacial score (nSPS) is 7.20. The summed E-state index contributed by atoms with van der Waals surface area (Å²) < 4.78 is 0. The van der Waals surface area contributed by atoms with Crippen LogP contribution < -0.4 is 0 Å². The molecule has 3 nitrogen and oxygen atoms in total. The Balaban J connectivity index is 2.93. The van der Waals surface area contributed by atoms with Crippen LogP contribution in [0.4, 0.5) is 5.13 Å². The van der Waals surface area contributed by atoms with Crippen LogP contribution in [0.3, 0.4) is 0 Å². The zero-order chi connectivity index (χ0) is 7.23. The Morgan fingerprint density at radius 2 is 2.60 bits per heavy atom. The third-order valence-corrected chi connectivity index (χ3v) is 1.34. The maximum absolute atomic E-state index is 9.56. The van der Waals surface area contributed by atoms with Crippen LogP contribution in [0.15, 0.2) is 22.3 Å². The number of thiazole rings is 1. The van der Waals surface area contributed by atoms with E-state index in [-0.39, 0.29) is 0 Å². The van der Waals surface area contributed by atoms with Gasteiger partial charge in [0.2, 0.25) is 5.13 Å². The van der Waals surface area contributed by atoms with Crippen molar-refractivity contribution in [2.75, 3.05) is 0 Å². The van der Waals surface area contributed by atoms with E-state index in [4.69, 9.17) is 0 Å². The molecule has 0 bridgehead atoms. The van der Waals surface area contributed by atoms with Crippen molar-refractivity contribution in [3.05, 3.63) is 17.3 Å². The fourth-order valence-electron chi connectivity index (χ4n) is 0.370. The highest BCUT2D eigenvalue weighted by molar-refractivity contribution is 7.13. The summed E-state index contributed by atoms with van der Waals surface area (Å²) in [7, 11) is 0. The number of hydrogen-bond acceptors (Lipinski definition) is 4. The molecule has 0 radical (unpaired) electrons. The van der Waals surface area contributed by atoms with Gasteiger partial charge < -0.3 is 0 Å². The molecule has 1 aromatic heterocycles. The minimum absolute atomic E-state index is 0.558. The molecule has 4 heteroatoms. The maximum Gasteiger partial charge on any atom is 0.218 e. The fourth-order valence-corrected chi connectivity index (χ4v) is 0.833. The van der Waals surface area contributed by atoms with Crippen molar-refractivity contribution in [1.29, 1.82) is 0 Å². The van der Waals surface area contributed by atoms with Crippen molar-refractivity contribution < 1.29 is 4.79 Å². The predicted molar refractivity (Wildman–Crippen MR) is 38.4 cm³/mol. The third kappa shape index (κ3) is 1.82. The van der Waals surface area contributed by atoms with Crippen LogP contribution in [0.2, 0.25) is 0 Å². The van der Waals surface area contributed by atoms with E-state index in [1.54, 1.807) is 11.6 Å². The number of rotatable bonds is 1. The van der Waals surface area contributed by atoms with E-state index < -0.39 is 0 Å². The van der Waals surface area contributed by atoms with Gasteiger partial charge in [-0.15, -0.1) is 11.3 Å². The molecule has 0 saturated carbocycles. The molecule has 0 spiro atoms. The monoisotopic (exact) mass is 150 g/mol. The van der Waals surface area contributed by atoms with Crippen molar-refractivity contribution in [3.63, 3.8) is 0 Å². The highest BCUT2D eigenvalue weighted by atomic mass is 32.1. The standard InChI is InChI=1S/C6H2N2OS/c9-4-1-2-7-6-8-3-5-10-6/h3,5H. The predicted octanol–water partition coefficient (Wildman–Crippen LogP) is 0.987. The van der Waals surface area contributed by atoms with E-state index in [1.165, 1.54) is 17.3 Å². The molecule has 0 aromatic carbocycles. The first-order valence-electron chi connectivity index (χ1n) is 2.41. The Labute approximate surface area is 61.1 Å². The second kappa shape index (κ2) is 3.57. The van der Waals surface area contributed by atoms with E-state index in [0.717, 1.165) is 0 Å². The largest absolute Gasteiger partial charge is 0.226 e. The fraction of sp³-hybridized carbons (Fsp3) is 0. The van der Waals surface area contributed by atoms with Crippen LogP contribution in [-0.4, -0.2) is 16.8 Å². The summed E-state index contributed by atoms with van der Waals surface area (Å²) in [6, 6.07) is 0. The van der Waals surface area contributed by atoms with Crippen molar-refractivity contribution >= 4 is 28.3 Å². The van der Waals surface area contributed by atoms with Crippen molar-refractivity contribution in [2.24, 2.45) is 4.99 Å². The Morgan fingerprint density at radius 3 is 3.20 bits per heavy atom. The van der Waals surface area contributed by atoms with Gasteiger partial charge in [-0.2, -0.15) is 4.99 Å². The second-order valence-electron chi connectivity index (χ2n) is 1.27. The van der Waals surface area contributed by atoms with Crippen molar-refractivity contribution in [3.8, 4) is 0 Å². The van der Waals surface area contributed by atoms with Gasteiger partial charge in [0.1, 0.15) is 0 Å².